The molecule has 14 heteroatoms. The molecule has 0 radical (unpaired) electrons. The van der Waals surface area contributed by atoms with Gasteiger partial charge in [0.05, 0.1) is 22.8 Å². The Morgan fingerprint density at radius 1 is 0.212 bits per heavy atom. The van der Waals surface area contributed by atoms with Crippen LogP contribution in [-0.2, 0) is 21.7 Å². The summed E-state index contributed by atoms with van der Waals surface area (Å²) in [6.07, 6.45) is 0. The summed E-state index contributed by atoms with van der Waals surface area (Å²) in [6, 6.07) is 64.8. The van der Waals surface area contributed by atoms with E-state index < -0.39 is 11.9 Å². The Morgan fingerprint density at radius 3 is 0.795 bits per heavy atom. The van der Waals surface area contributed by atoms with Crippen LogP contribution in [0.1, 0.15) is 224 Å². The van der Waals surface area contributed by atoms with Gasteiger partial charge in [-0.3, -0.25) is 0 Å². The average molecular weight is 1740 g/mol. The number of nitrogens with zero attached hydrogens (tertiary/aromatic N) is 12. The van der Waals surface area contributed by atoms with E-state index in [1.807, 2.05) is 53.7 Å². The molecule has 0 bridgehead atoms. The highest BCUT2D eigenvalue weighted by Gasteiger charge is 2.33. The van der Waals surface area contributed by atoms with Crippen LogP contribution in [0.15, 0.2) is 182 Å². The second-order valence-corrected chi connectivity index (χ2v) is 41.6. The largest absolute Gasteiger partial charge is 0.233 e. The van der Waals surface area contributed by atoms with Crippen molar-refractivity contribution in [1.82, 2.24) is 59.8 Å². The highest BCUT2D eigenvalue weighted by molar-refractivity contribution is 6.34. The lowest BCUT2D eigenvalue weighted by Gasteiger charge is -2.26. The van der Waals surface area contributed by atoms with Crippen molar-refractivity contribution >= 4 is 97.0 Å². The van der Waals surface area contributed by atoms with Crippen molar-refractivity contribution in [1.29, 1.82) is 0 Å². The van der Waals surface area contributed by atoms with Gasteiger partial charge < -0.3 is 0 Å². The fourth-order valence-electron chi connectivity index (χ4n) is 19.9. The molecule has 20 rings (SSSR count). The first-order valence-electron chi connectivity index (χ1n) is 46.3. The maximum Gasteiger partial charge on any atom is 0.216 e. The molecule has 0 unspecified atom stereocenters. The molecule has 0 atom stereocenters. The van der Waals surface area contributed by atoms with Gasteiger partial charge in [0.1, 0.15) is 0 Å². The highest BCUT2D eigenvalue weighted by atomic mass is 19.1. The van der Waals surface area contributed by atoms with E-state index >= 15 is 0 Å². The minimum absolute atomic E-state index is 0.159. The molecule has 0 fully saturated rings. The molecule has 0 saturated heterocycles. The number of hydrogen-bond donors (Lipinski definition) is 0. The van der Waals surface area contributed by atoms with Crippen LogP contribution in [-0.4, -0.2) is 59.8 Å². The topological polar surface area (TPSA) is 155 Å². The normalized spacial score (nSPS) is 12.5. The van der Waals surface area contributed by atoms with Crippen LogP contribution < -0.4 is 0 Å². The van der Waals surface area contributed by atoms with Gasteiger partial charge in [-0.05, 0) is 319 Å². The first-order valence-corrected chi connectivity index (χ1v) is 46.3. The molecule has 0 N–H and O–H groups in total. The van der Waals surface area contributed by atoms with Gasteiger partial charge in [0.2, 0.25) is 11.9 Å². The van der Waals surface area contributed by atoms with Crippen molar-refractivity contribution in [2.45, 2.75) is 227 Å². The molecule has 132 heavy (non-hydrogen) atoms. The molecule has 662 valence electrons. The van der Waals surface area contributed by atoms with E-state index in [9.17, 15) is 8.78 Å². The molecule has 14 aromatic carbocycles. The molecule has 12 nitrogen and oxygen atoms in total. The van der Waals surface area contributed by atoms with E-state index in [1.165, 1.54) is 111 Å². The van der Waals surface area contributed by atoms with E-state index in [4.69, 9.17) is 39.9 Å². The van der Waals surface area contributed by atoms with E-state index in [-0.39, 0.29) is 21.7 Å². The van der Waals surface area contributed by atoms with E-state index in [1.54, 1.807) is 13.8 Å². The quantitative estimate of drug-likeness (QED) is 0.0945. The molecule has 0 spiro atoms. The first kappa shape index (κ1) is 89.1. The summed E-state index contributed by atoms with van der Waals surface area (Å²) >= 11 is 0. The van der Waals surface area contributed by atoms with Gasteiger partial charge in [-0.2, -0.15) is 18.7 Å². The Kier molecular flexibility index (Phi) is 22.2. The summed E-state index contributed by atoms with van der Waals surface area (Å²) in [5.74, 6) is 3.49. The zero-order valence-corrected chi connectivity index (χ0v) is 81.6. The first-order chi connectivity index (χ1) is 62.4. The third-order valence-corrected chi connectivity index (χ3v) is 26.9. The monoisotopic (exact) mass is 1740 g/mol. The van der Waals surface area contributed by atoms with Crippen molar-refractivity contribution in [3.63, 3.8) is 0 Å². The number of rotatable bonds is 10. The molecular formula is C118H116F2N12. The number of aromatic nitrogens is 12. The van der Waals surface area contributed by atoms with Gasteiger partial charge >= 0.3 is 0 Å². The molecule has 6 heterocycles. The number of aryl methyl sites for hydroxylation is 10. The number of benzene rings is 14. The Hall–Kier alpha value is -13.5. The number of hydrogen-bond acceptors (Lipinski definition) is 12. The summed E-state index contributed by atoms with van der Waals surface area (Å²) in [5.41, 5.74) is 28.7. The predicted octanol–water partition coefficient (Wildman–Crippen LogP) is 31.2. The van der Waals surface area contributed by atoms with Crippen molar-refractivity contribution in [3.05, 3.63) is 295 Å². The third kappa shape index (κ3) is 15.7. The summed E-state index contributed by atoms with van der Waals surface area (Å²) in [5, 5.41) is 21.0. The minimum atomic E-state index is -0.548. The van der Waals surface area contributed by atoms with Crippen LogP contribution in [0.5, 0.6) is 0 Å². The van der Waals surface area contributed by atoms with Crippen LogP contribution in [0.25, 0.3) is 188 Å². The molecule has 20 aromatic rings. The zero-order valence-electron chi connectivity index (χ0n) is 81.6. The smallest absolute Gasteiger partial charge is 0.216 e. The van der Waals surface area contributed by atoms with Gasteiger partial charge in [0, 0.05) is 101 Å². The summed E-state index contributed by atoms with van der Waals surface area (Å²) in [4.78, 5) is 58.6. The van der Waals surface area contributed by atoms with Gasteiger partial charge in [-0.15, -0.1) is 0 Å². The second kappa shape index (κ2) is 32.8. The van der Waals surface area contributed by atoms with Crippen molar-refractivity contribution < 1.29 is 8.78 Å². The Labute approximate surface area is 773 Å². The molecule has 0 aliphatic carbocycles. The summed E-state index contributed by atoms with van der Waals surface area (Å²) < 4.78 is 28.7. The van der Waals surface area contributed by atoms with Crippen LogP contribution in [0.3, 0.4) is 0 Å². The van der Waals surface area contributed by atoms with E-state index in [0.717, 1.165) is 168 Å². The lowest BCUT2D eigenvalue weighted by atomic mass is 9.81. The van der Waals surface area contributed by atoms with Gasteiger partial charge in [0.25, 0.3) is 0 Å². The maximum absolute atomic E-state index is 14.3. The summed E-state index contributed by atoms with van der Waals surface area (Å²) in [7, 11) is 0. The van der Waals surface area contributed by atoms with Crippen molar-refractivity contribution in [2.75, 3.05) is 0 Å². The fraction of sp³-hybridized carbons (Fsp3) is 0.288. The van der Waals surface area contributed by atoms with Crippen LogP contribution in [0.4, 0.5) is 8.78 Å². The predicted molar refractivity (Wildman–Crippen MR) is 547 cm³/mol. The van der Waals surface area contributed by atoms with Crippen LogP contribution in [0.2, 0.25) is 0 Å². The SMILES string of the molecule is Cc1cc(C)nc(-c2cc(C(C)C)c3ccc4c(-c5nc(C)cc(C)n5)cc(C(C)C)c5ccc2c3c45)n1.Cc1cc(F)nc(-c2c(C)c(C)c3ccc4c(-c5nc(C)cc(F)n5)c(C)c(C)c5ccc2c3c54)n1.Cc1ccccc1-c1cc2c(-c3nc(C(C)(C)C)cc(C(C)(C)C)n3)ccc3c(-c4ccccc4C)cc4c(-c5nc(C(C)(C)C)cc(C(C)(C)C)n5)ccc1c4c23. The fourth-order valence-corrected chi connectivity index (χ4v) is 19.9. The Morgan fingerprint density at radius 2 is 0.477 bits per heavy atom. The maximum atomic E-state index is 14.3. The summed E-state index contributed by atoms with van der Waals surface area (Å²) in [6.45, 7) is 60.3. The third-order valence-electron chi connectivity index (χ3n) is 26.9. The van der Waals surface area contributed by atoms with Crippen molar-refractivity contribution in [3.8, 4) is 90.6 Å². The lowest BCUT2D eigenvalue weighted by Crippen LogP contribution is -2.20. The van der Waals surface area contributed by atoms with Gasteiger partial charge in [-0.1, -0.05) is 220 Å². The average Bonchev–Trinajstić information content (AvgIpc) is 0.729. The standard InChI is InChI=1S/C54H58N4.C34H34N4.C30H24F2N4/c1-31-19-15-17-21-33(31)39-27-41-37(49-55-43(51(3,4)5)29-44(56-49)52(6,7)8)26-24-36-40(34-22-18-16-20-32(34)2)28-42-38(25-23-35(39)47(42)48(36)41)50-57-45(53(9,10)11)30-46(58-50)54(12,13)14;1-17(2)27-15-29(33-35-19(5)13-20(6)36-33)25-12-10-24-28(18(3)4)16-30(34-37-21(7)14-22(8)38-34)26-11-9-23(27)31(25)32(24)26;1-13-11-23(31)35-29(33-13)25-17(5)15(3)19-8-10-22-26(30-34-14(2)12-24(32)36-30)18(6)16(4)20-7-9-21(25)27(19)28(20)22/h15-30H,1-14H3;9-18H,1-8H3;7-12H,1-6H3. The molecule has 6 aromatic heterocycles. The molecule has 0 amide bonds. The van der Waals surface area contributed by atoms with Crippen molar-refractivity contribution in [2.24, 2.45) is 0 Å². The van der Waals surface area contributed by atoms with Gasteiger partial charge in [-0.25, -0.2) is 49.8 Å². The Bertz CT molecular complexity index is 7490. The molecule has 0 saturated carbocycles. The van der Waals surface area contributed by atoms with Gasteiger partial charge in [0.15, 0.2) is 34.9 Å². The van der Waals surface area contributed by atoms with Crippen LogP contribution >= 0.6 is 0 Å². The lowest BCUT2D eigenvalue weighted by molar-refractivity contribution is 0.539. The second-order valence-electron chi connectivity index (χ2n) is 41.6. The molecular weight excluding hydrogens is 1620 g/mol. The van der Waals surface area contributed by atoms with E-state index in [2.05, 4.69) is 316 Å². The van der Waals surface area contributed by atoms with E-state index in [0.29, 0.717) is 34.9 Å². The highest BCUT2D eigenvalue weighted by Crippen LogP contribution is 2.53. The van der Waals surface area contributed by atoms with Crippen LogP contribution in [0, 0.1) is 95.0 Å². The molecule has 0 aliphatic rings. The number of halogens is 2. The molecule has 0 aliphatic heterocycles. The Balaban J connectivity index is 0.000000138. The minimum Gasteiger partial charge on any atom is -0.233 e. The zero-order chi connectivity index (χ0) is 94.0.